The van der Waals surface area contributed by atoms with Crippen LogP contribution in [0.4, 0.5) is 0 Å². The molecule has 2 N–H and O–H groups in total. The monoisotopic (exact) mass is 527 g/mol. The Morgan fingerprint density at radius 1 is 0.450 bits per heavy atom. The van der Waals surface area contributed by atoms with Gasteiger partial charge in [-0.2, -0.15) is 10.2 Å². The third-order valence-electron chi connectivity index (χ3n) is 5.38. The number of hydrazone groups is 2. The molecule has 0 unspecified atom stereocenters. The van der Waals surface area contributed by atoms with E-state index in [-0.39, 0.29) is 11.4 Å². The van der Waals surface area contributed by atoms with Gasteiger partial charge in [-0.15, -0.1) is 0 Å². The van der Waals surface area contributed by atoms with E-state index in [1.54, 1.807) is 79.4 Å². The van der Waals surface area contributed by atoms with E-state index in [0.29, 0.717) is 34.2 Å². The summed E-state index contributed by atoms with van der Waals surface area (Å²) in [5.41, 5.74) is 7.78. The second kappa shape index (κ2) is 12.5. The van der Waals surface area contributed by atoms with Crippen molar-refractivity contribution < 1.29 is 9.59 Å². The first-order valence-corrected chi connectivity index (χ1v) is 12.1. The highest BCUT2D eigenvalue weighted by Crippen LogP contribution is 2.08. The van der Waals surface area contributed by atoms with E-state index in [9.17, 15) is 9.59 Å². The quantitative estimate of drug-likeness (QED) is 0.233. The zero-order valence-electron chi connectivity index (χ0n) is 20.9. The standard InChI is InChI=1S/C29H21N9O2/c39-28(37-35-26(20-10-1-5-16-30-20)21-11-2-6-17-31-21)24-14-9-15-25(34-24)29(40)38-36-27(22-12-3-7-18-32-22)23-13-4-8-19-33-23/h1-19H,(H,37,39)(H,38,40). The molecular weight excluding hydrogens is 506 g/mol. The van der Waals surface area contributed by atoms with E-state index >= 15 is 0 Å². The smallest absolute Gasteiger partial charge is 0.266 e. The first-order valence-electron chi connectivity index (χ1n) is 12.1. The molecule has 0 fully saturated rings. The molecule has 2 amide bonds. The van der Waals surface area contributed by atoms with Gasteiger partial charge in [-0.05, 0) is 60.7 Å². The number of hydrogen-bond acceptors (Lipinski definition) is 9. The van der Waals surface area contributed by atoms with Gasteiger partial charge < -0.3 is 0 Å². The van der Waals surface area contributed by atoms with Gasteiger partial charge in [-0.25, -0.2) is 15.8 Å². The van der Waals surface area contributed by atoms with Crippen LogP contribution in [0.1, 0.15) is 43.8 Å². The van der Waals surface area contributed by atoms with Crippen LogP contribution in [0.25, 0.3) is 0 Å². The molecule has 11 heteroatoms. The number of carbonyl (C=O) groups is 2. The van der Waals surface area contributed by atoms with Crippen molar-refractivity contribution >= 4 is 23.2 Å². The van der Waals surface area contributed by atoms with Crippen LogP contribution in [-0.2, 0) is 0 Å². The summed E-state index contributed by atoms with van der Waals surface area (Å²) in [5.74, 6) is -1.24. The van der Waals surface area contributed by atoms with Crippen LogP contribution in [0, 0.1) is 0 Å². The van der Waals surface area contributed by atoms with Gasteiger partial charge in [-0.3, -0.25) is 29.5 Å². The lowest BCUT2D eigenvalue weighted by Crippen LogP contribution is -2.25. The zero-order chi connectivity index (χ0) is 27.6. The summed E-state index contributed by atoms with van der Waals surface area (Å²) in [6.45, 7) is 0. The van der Waals surface area contributed by atoms with E-state index in [1.807, 2.05) is 24.3 Å². The topological polar surface area (TPSA) is 147 Å². The zero-order valence-corrected chi connectivity index (χ0v) is 20.9. The van der Waals surface area contributed by atoms with Gasteiger partial charge in [0.2, 0.25) is 0 Å². The molecule has 5 heterocycles. The maximum absolute atomic E-state index is 12.9. The number of carbonyl (C=O) groups excluding carboxylic acids is 2. The van der Waals surface area contributed by atoms with Crippen LogP contribution in [-0.4, -0.2) is 48.2 Å². The summed E-state index contributed by atoms with van der Waals surface area (Å²) in [6, 6.07) is 25.8. The minimum atomic E-state index is -0.620. The van der Waals surface area contributed by atoms with Crippen LogP contribution < -0.4 is 10.9 Å². The molecular formula is C29H21N9O2. The molecule has 0 atom stereocenters. The van der Waals surface area contributed by atoms with E-state index in [2.05, 4.69) is 46.0 Å². The fraction of sp³-hybridized carbons (Fsp3) is 0. The Hall–Kier alpha value is -5.97. The summed E-state index contributed by atoms with van der Waals surface area (Å²) >= 11 is 0. The first-order chi connectivity index (χ1) is 19.7. The average Bonchev–Trinajstić information content (AvgIpc) is 3.03. The van der Waals surface area contributed by atoms with E-state index in [4.69, 9.17) is 0 Å². The number of pyridine rings is 5. The van der Waals surface area contributed by atoms with E-state index < -0.39 is 11.8 Å². The minimum absolute atomic E-state index is 0.0172. The summed E-state index contributed by atoms with van der Waals surface area (Å²) in [5, 5.41) is 8.52. The largest absolute Gasteiger partial charge is 0.289 e. The Labute approximate surface area is 228 Å². The van der Waals surface area contributed by atoms with Gasteiger partial charge in [0.05, 0.1) is 22.8 Å². The number of amides is 2. The lowest BCUT2D eigenvalue weighted by Gasteiger charge is -2.07. The first kappa shape index (κ1) is 25.7. The molecule has 5 aromatic heterocycles. The Morgan fingerprint density at radius 2 is 0.775 bits per heavy atom. The van der Waals surface area contributed by atoms with Gasteiger partial charge in [0.15, 0.2) is 0 Å². The van der Waals surface area contributed by atoms with Crippen LogP contribution in [0.2, 0.25) is 0 Å². The van der Waals surface area contributed by atoms with E-state index in [1.165, 1.54) is 12.1 Å². The maximum atomic E-state index is 12.9. The number of nitrogens with zero attached hydrogens (tertiary/aromatic N) is 7. The van der Waals surface area contributed by atoms with Gasteiger partial charge >= 0.3 is 0 Å². The van der Waals surface area contributed by atoms with Crippen molar-refractivity contribution in [2.75, 3.05) is 0 Å². The van der Waals surface area contributed by atoms with Crippen molar-refractivity contribution in [3.8, 4) is 0 Å². The van der Waals surface area contributed by atoms with Gasteiger partial charge in [0, 0.05) is 24.8 Å². The lowest BCUT2D eigenvalue weighted by molar-refractivity contribution is 0.0945. The Balaban J connectivity index is 1.36. The second-order valence-electron chi connectivity index (χ2n) is 8.07. The molecule has 0 saturated heterocycles. The Kier molecular flexibility index (Phi) is 8.03. The third kappa shape index (κ3) is 6.29. The summed E-state index contributed by atoms with van der Waals surface area (Å²) in [4.78, 5) is 47.3. The van der Waals surface area contributed by atoms with E-state index in [0.717, 1.165) is 0 Å². The van der Waals surface area contributed by atoms with Crippen molar-refractivity contribution in [1.82, 2.24) is 35.8 Å². The predicted octanol–water partition coefficient (Wildman–Crippen LogP) is 3.03. The average molecular weight is 528 g/mol. The maximum Gasteiger partial charge on any atom is 0.289 e. The number of aromatic nitrogens is 5. The summed E-state index contributed by atoms with van der Waals surface area (Å²) < 4.78 is 0. The van der Waals surface area contributed by atoms with Crippen LogP contribution in [0.3, 0.4) is 0 Å². The number of rotatable bonds is 8. The molecule has 0 aliphatic heterocycles. The normalized spacial score (nSPS) is 10.2. The van der Waals surface area contributed by atoms with Gasteiger partial charge in [0.25, 0.3) is 11.8 Å². The molecule has 0 bridgehead atoms. The molecule has 0 saturated carbocycles. The fourth-order valence-corrected chi connectivity index (χ4v) is 3.52. The SMILES string of the molecule is O=C(NN=C(c1ccccn1)c1ccccn1)c1cccc(C(=O)NN=C(c2ccccn2)c2ccccn2)n1. The predicted molar refractivity (Wildman–Crippen MR) is 147 cm³/mol. The summed E-state index contributed by atoms with van der Waals surface area (Å²) in [7, 11) is 0. The van der Waals surface area contributed by atoms with Gasteiger partial charge in [-0.1, -0.05) is 30.3 Å². The number of hydrogen-bond donors (Lipinski definition) is 2. The third-order valence-corrected chi connectivity index (χ3v) is 5.38. The molecule has 0 aliphatic rings. The highest BCUT2D eigenvalue weighted by atomic mass is 16.2. The highest BCUT2D eigenvalue weighted by Gasteiger charge is 2.16. The molecule has 40 heavy (non-hydrogen) atoms. The molecule has 0 radical (unpaired) electrons. The van der Waals surface area contributed by atoms with Crippen LogP contribution in [0.15, 0.2) is 126 Å². The molecule has 0 aromatic carbocycles. The molecule has 5 rings (SSSR count). The van der Waals surface area contributed by atoms with Crippen molar-refractivity contribution in [2.45, 2.75) is 0 Å². The van der Waals surface area contributed by atoms with Crippen molar-refractivity contribution in [3.63, 3.8) is 0 Å². The van der Waals surface area contributed by atoms with Crippen molar-refractivity contribution in [2.24, 2.45) is 10.2 Å². The minimum Gasteiger partial charge on any atom is -0.266 e. The van der Waals surface area contributed by atoms with Crippen molar-refractivity contribution in [3.05, 3.63) is 150 Å². The van der Waals surface area contributed by atoms with Crippen LogP contribution >= 0.6 is 0 Å². The fourth-order valence-electron chi connectivity index (χ4n) is 3.52. The van der Waals surface area contributed by atoms with Gasteiger partial charge in [0.1, 0.15) is 22.8 Å². The Morgan fingerprint density at radius 3 is 1.07 bits per heavy atom. The van der Waals surface area contributed by atoms with Crippen molar-refractivity contribution in [1.29, 1.82) is 0 Å². The molecule has 11 nitrogen and oxygen atoms in total. The summed E-state index contributed by atoms with van der Waals surface area (Å²) in [6.07, 6.45) is 6.48. The molecule has 5 aromatic rings. The van der Waals surface area contributed by atoms with Crippen LogP contribution in [0.5, 0.6) is 0 Å². The molecule has 0 aliphatic carbocycles. The molecule has 0 spiro atoms. The Bertz CT molecular complexity index is 1460. The second-order valence-corrected chi connectivity index (χ2v) is 8.07. The number of nitrogens with one attached hydrogen (secondary N) is 2. The lowest BCUT2D eigenvalue weighted by atomic mass is 10.1. The molecule has 194 valence electrons. The highest BCUT2D eigenvalue weighted by molar-refractivity contribution is 6.11.